The van der Waals surface area contributed by atoms with Crippen LogP contribution in [-0.2, 0) is 5.54 Å². The molecule has 5 heteroatoms. The number of rotatable bonds is 1. The highest BCUT2D eigenvalue weighted by atomic mass is 19.1. The molecule has 0 amide bonds. The van der Waals surface area contributed by atoms with E-state index in [-0.39, 0.29) is 16.9 Å². The zero-order valence-corrected chi connectivity index (χ0v) is 12.1. The lowest BCUT2D eigenvalue weighted by molar-refractivity contribution is 0.410. The highest BCUT2D eigenvalue weighted by molar-refractivity contribution is 5.81. The van der Waals surface area contributed by atoms with E-state index in [0.29, 0.717) is 11.3 Å². The van der Waals surface area contributed by atoms with Crippen LogP contribution in [0.5, 0.6) is 5.75 Å². The molecule has 0 aliphatic rings. The average Bonchev–Trinajstić information content (AvgIpc) is 2.77. The summed E-state index contributed by atoms with van der Waals surface area (Å²) < 4.78 is 16.1. The van der Waals surface area contributed by atoms with Gasteiger partial charge in [0.15, 0.2) is 0 Å². The SMILES string of the molecule is CC(C)(C)n1c(-c2c(O)cccc2F)nc2cnccc21. The number of phenolic OH excluding ortho intramolecular Hbond substituents is 1. The van der Waals surface area contributed by atoms with Crippen molar-refractivity contribution < 1.29 is 9.50 Å². The number of hydrogen-bond donors (Lipinski definition) is 1. The summed E-state index contributed by atoms with van der Waals surface area (Å²) in [7, 11) is 0. The van der Waals surface area contributed by atoms with Gasteiger partial charge in [-0.3, -0.25) is 4.98 Å². The van der Waals surface area contributed by atoms with Crippen LogP contribution in [0.3, 0.4) is 0 Å². The molecular weight excluding hydrogens is 269 g/mol. The Bertz CT molecular complexity index is 798. The van der Waals surface area contributed by atoms with E-state index in [0.717, 1.165) is 5.52 Å². The summed E-state index contributed by atoms with van der Waals surface area (Å²) in [4.78, 5) is 8.53. The molecule has 21 heavy (non-hydrogen) atoms. The first-order valence-corrected chi connectivity index (χ1v) is 6.70. The molecule has 0 spiro atoms. The third kappa shape index (κ3) is 2.14. The van der Waals surface area contributed by atoms with Gasteiger partial charge in [-0.05, 0) is 39.0 Å². The molecular formula is C16H16FN3O. The molecule has 2 aromatic heterocycles. The zero-order chi connectivity index (χ0) is 15.2. The number of pyridine rings is 1. The van der Waals surface area contributed by atoms with Crippen molar-refractivity contribution in [3.8, 4) is 17.1 Å². The summed E-state index contributed by atoms with van der Waals surface area (Å²) in [5.74, 6) is -0.214. The minimum Gasteiger partial charge on any atom is -0.507 e. The van der Waals surface area contributed by atoms with E-state index in [4.69, 9.17) is 0 Å². The molecule has 0 fully saturated rings. The van der Waals surface area contributed by atoms with Gasteiger partial charge in [-0.15, -0.1) is 0 Å². The van der Waals surface area contributed by atoms with Gasteiger partial charge in [0, 0.05) is 11.7 Å². The Kier molecular flexibility index (Phi) is 2.93. The fourth-order valence-electron chi connectivity index (χ4n) is 2.51. The number of aromatic nitrogens is 3. The van der Waals surface area contributed by atoms with Gasteiger partial charge in [-0.2, -0.15) is 0 Å². The molecule has 4 nitrogen and oxygen atoms in total. The number of fused-ring (bicyclic) bond motifs is 1. The second-order valence-corrected chi connectivity index (χ2v) is 5.94. The topological polar surface area (TPSA) is 50.9 Å². The number of phenols is 1. The quantitative estimate of drug-likeness (QED) is 0.741. The number of halogens is 1. The Morgan fingerprint density at radius 2 is 1.95 bits per heavy atom. The Morgan fingerprint density at radius 1 is 1.19 bits per heavy atom. The van der Waals surface area contributed by atoms with Crippen molar-refractivity contribution >= 4 is 11.0 Å². The molecule has 0 aliphatic carbocycles. The van der Waals surface area contributed by atoms with Crippen molar-refractivity contribution in [3.63, 3.8) is 0 Å². The van der Waals surface area contributed by atoms with E-state index in [9.17, 15) is 9.50 Å². The van der Waals surface area contributed by atoms with Gasteiger partial charge in [0.1, 0.15) is 22.9 Å². The highest BCUT2D eigenvalue weighted by Crippen LogP contribution is 2.36. The second kappa shape index (κ2) is 4.55. The minimum absolute atomic E-state index is 0.114. The molecule has 108 valence electrons. The summed E-state index contributed by atoms with van der Waals surface area (Å²) in [6, 6.07) is 6.09. The average molecular weight is 285 g/mol. The van der Waals surface area contributed by atoms with Crippen molar-refractivity contribution in [3.05, 3.63) is 42.5 Å². The predicted molar refractivity (Wildman–Crippen MR) is 79.6 cm³/mol. The van der Waals surface area contributed by atoms with Crippen molar-refractivity contribution in [2.75, 3.05) is 0 Å². The summed E-state index contributed by atoms with van der Waals surface area (Å²) in [6.07, 6.45) is 3.32. The molecule has 0 radical (unpaired) electrons. The van der Waals surface area contributed by atoms with Gasteiger partial charge in [0.2, 0.25) is 0 Å². The molecule has 0 bridgehead atoms. The fraction of sp³-hybridized carbons (Fsp3) is 0.250. The molecule has 1 N–H and O–H groups in total. The number of benzene rings is 1. The maximum atomic E-state index is 14.2. The lowest BCUT2D eigenvalue weighted by Crippen LogP contribution is -2.22. The molecule has 0 unspecified atom stereocenters. The summed E-state index contributed by atoms with van der Waals surface area (Å²) >= 11 is 0. The molecule has 2 heterocycles. The molecule has 0 atom stereocenters. The van der Waals surface area contributed by atoms with Crippen LogP contribution in [0.15, 0.2) is 36.7 Å². The van der Waals surface area contributed by atoms with Crippen LogP contribution >= 0.6 is 0 Å². The maximum absolute atomic E-state index is 14.2. The molecule has 0 saturated carbocycles. The van der Waals surface area contributed by atoms with Crippen LogP contribution < -0.4 is 0 Å². The van der Waals surface area contributed by atoms with E-state index in [1.165, 1.54) is 18.2 Å². The monoisotopic (exact) mass is 285 g/mol. The van der Waals surface area contributed by atoms with E-state index in [1.807, 2.05) is 31.4 Å². The zero-order valence-electron chi connectivity index (χ0n) is 12.1. The maximum Gasteiger partial charge on any atom is 0.148 e. The van der Waals surface area contributed by atoms with Gasteiger partial charge in [0.25, 0.3) is 0 Å². The van der Waals surface area contributed by atoms with Crippen LogP contribution in [0, 0.1) is 5.82 Å². The van der Waals surface area contributed by atoms with E-state index in [2.05, 4.69) is 9.97 Å². The minimum atomic E-state index is -0.497. The Morgan fingerprint density at radius 3 is 2.62 bits per heavy atom. The lowest BCUT2D eigenvalue weighted by atomic mass is 10.1. The van der Waals surface area contributed by atoms with E-state index in [1.54, 1.807) is 12.4 Å². The highest BCUT2D eigenvalue weighted by Gasteiger charge is 2.25. The van der Waals surface area contributed by atoms with Crippen LogP contribution in [0.4, 0.5) is 4.39 Å². The smallest absolute Gasteiger partial charge is 0.148 e. The van der Waals surface area contributed by atoms with E-state index >= 15 is 0 Å². The number of hydrogen-bond acceptors (Lipinski definition) is 3. The molecule has 3 aromatic rings. The van der Waals surface area contributed by atoms with Crippen molar-refractivity contribution in [1.82, 2.24) is 14.5 Å². The van der Waals surface area contributed by atoms with Gasteiger partial charge in [0.05, 0.1) is 17.3 Å². The summed E-state index contributed by atoms with van der Waals surface area (Å²) in [5, 5.41) is 10.1. The Labute approximate surface area is 121 Å². The number of imidazole rings is 1. The predicted octanol–water partition coefficient (Wildman–Crippen LogP) is 3.70. The third-order valence-corrected chi connectivity index (χ3v) is 3.34. The van der Waals surface area contributed by atoms with Crippen LogP contribution in [0.2, 0.25) is 0 Å². The normalized spacial score (nSPS) is 12.0. The van der Waals surface area contributed by atoms with Crippen LogP contribution in [-0.4, -0.2) is 19.6 Å². The van der Waals surface area contributed by atoms with Crippen LogP contribution in [0.25, 0.3) is 22.4 Å². The number of nitrogens with zero attached hydrogens (tertiary/aromatic N) is 3. The van der Waals surface area contributed by atoms with Gasteiger partial charge < -0.3 is 9.67 Å². The van der Waals surface area contributed by atoms with E-state index < -0.39 is 5.82 Å². The van der Waals surface area contributed by atoms with Crippen LogP contribution in [0.1, 0.15) is 20.8 Å². The molecule has 1 aromatic carbocycles. The molecule has 0 saturated heterocycles. The first-order chi connectivity index (χ1) is 9.89. The first kappa shape index (κ1) is 13.5. The first-order valence-electron chi connectivity index (χ1n) is 6.70. The fourth-order valence-corrected chi connectivity index (χ4v) is 2.51. The second-order valence-electron chi connectivity index (χ2n) is 5.94. The Balaban J connectivity index is 2.43. The number of aromatic hydroxyl groups is 1. The summed E-state index contributed by atoms with van der Waals surface area (Å²) in [5.41, 5.74) is 1.32. The van der Waals surface area contributed by atoms with Crippen molar-refractivity contribution in [2.24, 2.45) is 0 Å². The molecule has 0 aliphatic heterocycles. The standard InChI is InChI=1S/C16H16FN3O/c1-16(2,3)20-12-7-8-18-9-11(12)19-15(20)14-10(17)5-4-6-13(14)21/h4-9,21H,1-3H3. The summed E-state index contributed by atoms with van der Waals surface area (Å²) in [6.45, 7) is 6.03. The van der Waals surface area contributed by atoms with Gasteiger partial charge in [-0.1, -0.05) is 6.07 Å². The lowest BCUT2D eigenvalue weighted by Gasteiger charge is -2.25. The largest absolute Gasteiger partial charge is 0.507 e. The van der Waals surface area contributed by atoms with Gasteiger partial charge in [-0.25, -0.2) is 9.37 Å². The molecule has 3 rings (SSSR count). The van der Waals surface area contributed by atoms with Crippen molar-refractivity contribution in [2.45, 2.75) is 26.3 Å². The third-order valence-electron chi connectivity index (χ3n) is 3.34. The Hall–Kier alpha value is -2.43. The van der Waals surface area contributed by atoms with Gasteiger partial charge >= 0.3 is 0 Å². The van der Waals surface area contributed by atoms with Crippen molar-refractivity contribution in [1.29, 1.82) is 0 Å².